The van der Waals surface area contributed by atoms with Crippen LogP contribution in [0.3, 0.4) is 0 Å². The van der Waals surface area contributed by atoms with Crippen molar-refractivity contribution in [2.75, 3.05) is 45.8 Å². The smallest absolute Gasteiger partial charge is 0.221 e. The van der Waals surface area contributed by atoms with Crippen molar-refractivity contribution in [3.63, 3.8) is 0 Å². The third kappa shape index (κ3) is 16.3. The minimum Gasteiger partial charge on any atom is -0.356 e. The first-order chi connectivity index (χ1) is 12.6. The molecule has 26 heavy (non-hydrogen) atoms. The van der Waals surface area contributed by atoms with Crippen molar-refractivity contribution in [1.82, 2.24) is 20.9 Å². The van der Waals surface area contributed by atoms with Gasteiger partial charge in [-0.2, -0.15) is 0 Å². The summed E-state index contributed by atoms with van der Waals surface area (Å²) >= 11 is 0. The summed E-state index contributed by atoms with van der Waals surface area (Å²) in [5, 5.41) is 9.17. The number of unbranched alkanes of at least 4 members (excludes halogenated alkanes) is 2. The molecule has 0 heterocycles. The number of carbonyl (C=O) groups excluding carboxylic acids is 2. The van der Waals surface area contributed by atoms with Gasteiger partial charge in [0.05, 0.1) is 0 Å². The average Bonchev–Trinajstić information content (AvgIpc) is 2.64. The number of hydrogen-bond donors (Lipinski definition) is 3. The Labute approximate surface area is 160 Å². The summed E-state index contributed by atoms with van der Waals surface area (Å²) < 4.78 is 0. The van der Waals surface area contributed by atoms with Crippen molar-refractivity contribution >= 4 is 11.8 Å². The van der Waals surface area contributed by atoms with Gasteiger partial charge in [-0.3, -0.25) is 9.59 Å². The van der Waals surface area contributed by atoms with E-state index in [0.717, 1.165) is 77.9 Å². The molecule has 6 heteroatoms. The Balaban J connectivity index is 3.61. The second-order valence-electron chi connectivity index (χ2n) is 6.85. The molecule has 0 spiro atoms. The van der Waals surface area contributed by atoms with Gasteiger partial charge < -0.3 is 20.9 Å². The number of rotatable bonds is 18. The van der Waals surface area contributed by atoms with Crippen molar-refractivity contribution in [3.05, 3.63) is 0 Å². The largest absolute Gasteiger partial charge is 0.356 e. The summed E-state index contributed by atoms with van der Waals surface area (Å²) in [4.78, 5) is 25.6. The molecule has 0 aliphatic heterocycles. The van der Waals surface area contributed by atoms with E-state index in [1.165, 1.54) is 6.42 Å². The van der Waals surface area contributed by atoms with Crippen molar-refractivity contribution in [3.8, 4) is 0 Å². The molecule has 0 bridgehead atoms. The van der Waals surface area contributed by atoms with Gasteiger partial charge in [0.2, 0.25) is 11.8 Å². The van der Waals surface area contributed by atoms with E-state index < -0.39 is 0 Å². The molecule has 0 unspecified atom stereocenters. The topological polar surface area (TPSA) is 73.5 Å². The third-order valence-electron chi connectivity index (χ3n) is 4.20. The molecular weight excluding hydrogens is 328 g/mol. The van der Waals surface area contributed by atoms with Gasteiger partial charge in [0.25, 0.3) is 0 Å². The molecular formula is C20H42N4O2. The Morgan fingerprint density at radius 3 is 1.92 bits per heavy atom. The Kier molecular flexibility index (Phi) is 17.8. The predicted molar refractivity (Wildman–Crippen MR) is 109 cm³/mol. The highest BCUT2D eigenvalue weighted by Crippen LogP contribution is 2.01. The Hall–Kier alpha value is -1.14. The lowest BCUT2D eigenvalue weighted by atomic mass is 10.2. The molecule has 154 valence electrons. The van der Waals surface area contributed by atoms with Crippen LogP contribution < -0.4 is 16.0 Å². The maximum absolute atomic E-state index is 11.7. The van der Waals surface area contributed by atoms with E-state index in [0.29, 0.717) is 12.8 Å². The maximum atomic E-state index is 11.7. The van der Waals surface area contributed by atoms with E-state index in [2.05, 4.69) is 41.6 Å². The normalized spacial score (nSPS) is 10.9. The molecule has 3 N–H and O–H groups in total. The fraction of sp³-hybridized carbons (Fsp3) is 0.900. The van der Waals surface area contributed by atoms with Crippen molar-refractivity contribution in [2.45, 2.75) is 72.1 Å². The zero-order valence-corrected chi connectivity index (χ0v) is 17.4. The molecule has 6 nitrogen and oxygen atoms in total. The molecule has 0 rings (SSSR count). The number of carbonyl (C=O) groups is 2. The molecule has 0 aliphatic rings. The van der Waals surface area contributed by atoms with E-state index in [9.17, 15) is 9.59 Å². The van der Waals surface area contributed by atoms with Crippen LogP contribution in [0.2, 0.25) is 0 Å². The number of hydrogen-bond acceptors (Lipinski definition) is 4. The number of nitrogens with one attached hydrogen (secondary N) is 3. The SMILES string of the molecule is CCCNC(=O)CCNCCCCCN(CCC)CCC(=O)NCCC. The Morgan fingerprint density at radius 1 is 0.654 bits per heavy atom. The van der Waals surface area contributed by atoms with E-state index in [1.54, 1.807) is 0 Å². The summed E-state index contributed by atoms with van der Waals surface area (Å²) in [6.07, 6.45) is 7.73. The van der Waals surface area contributed by atoms with Gasteiger partial charge in [-0.25, -0.2) is 0 Å². The van der Waals surface area contributed by atoms with Crippen LogP contribution in [0, 0.1) is 0 Å². The number of nitrogens with zero attached hydrogens (tertiary/aromatic N) is 1. The highest BCUT2D eigenvalue weighted by atomic mass is 16.2. The predicted octanol–water partition coefficient (Wildman–Crippen LogP) is 2.29. The summed E-state index contributed by atoms with van der Waals surface area (Å²) in [6.45, 7) is 12.6. The van der Waals surface area contributed by atoms with Crippen molar-refractivity contribution < 1.29 is 9.59 Å². The van der Waals surface area contributed by atoms with Crippen LogP contribution in [0.4, 0.5) is 0 Å². The Morgan fingerprint density at radius 2 is 1.31 bits per heavy atom. The fourth-order valence-corrected chi connectivity index (χ4v) is 2.71. The second-order valence-corrected chi connectivity index (χ2v) is 6.85. The van der Waals surface area contributed by atoms with Gasteiger partial charge in [0.15, 0.2) is 0 Å². The summed E-state index contributed by atoms with van der Waals surface area (Å²) in [5.74, 6) is 0.303. The minimum atomic E-state index is 0.137. The lowest BCUT2D eigenvalue weighted by Crippen LogP contribution is -2.32. The lowest BCUT2D eigenvalue weighted by molar-refractivity contribution is -0.122. The van der Waals surface area contributed by atoms with E-state index >= 15 is 0 Å². The molecule has 0 aliphatic carbocycles. The molecule has 0 saturated heterocycles. The fourth-order valence-electron chi connectivity index (χ4n) is 2.71. The lowest BCUT2D eigenvalue weighted by Gasteiger charge is -2.21. The highest BCUT2D eigenvalue weighted by molar-refractivity contribution is 5.76. The van der Waals surface area contributed by atoms with Crippen LogP contribution in [0.5, 0.6) is 0 Å². The van der Waals surface area contributed by atoms with E-state index in [-0.39, 0.29) is 11.8 Å². The van der Waals surface area contributed by atoms with Gasteiger partial charge in [-0.05, 0) is 51.7 Å². The zero-order chi connectivity index (χ0) is 19.5. The van der Waals surface area contributed by atoms with Crippen LogP contribution >= 0.6 is 0 Å². The first kappa shape index (κ1) is 24.9. The molecule has 0 fully saturated rings. The van der Waals surface area contributed by atoms with Crippen LogP contribution in [-0.4, -0.2) is 62.5 Å². The molecule has 2 amide bonds. The summed E-state index contributed by atoms with van der Waals surface area (Å²) in [6, 6.07) is 0. The molecule has 0 saturated carbocycles. The number of amides is 2. The second kappa shape index (κ2) is 18.6. The molecule has 0 aromatic heterocycles. The van der Waals surface area contributed by atoms with Crippen LogP contribution in [0.15, 0.2) is 0 Å². The first-order valence-electron chi connectivity index (χ1n) is 10.6. The molecule has 0 aromatic carbocycles. The highest BCUT2D eigenvalue weighted by Gasteiger charge is 2.07. The van der Waals surface area contributed by atoms with Crippen LogP contribution in [-0.2, 0) is 9.59 Å². The average molecular weight is 371 g/mol. The van der Waals surface area contributed by atoms with Crippen LogP contribution in [0.25, 0.3) is 0 Å². The van der Waals surface area contributed by atoms with Crippen molar-refractivity contribution in [2.24, 2.45) is 0 Å². The minimum absolute atomic E-state index is 0.137. The molecule has 0 atom stereocenters. The van der Waals surface area contributed by atoms with Gasteiger partial charge in [-0.1, -0.05) is 27.2 Å². The first-order valence-corrected chi connectivity index (χ1v) is 10.6. The monoisotopic (exact) mass is 370 g/mol. The van der Waals surface area contributed by atoms with Gasteiger partial charge in [0, 0.05) is 39.0 Å². The zero-order valence-electron chi connectivity index (χ0n) is 17.4. The van der Waals surface area contributed by atoms with Crippen molar-refractivity contribution in [1.29, 1.82) is 0 Å². The summed E-state index contributed by atoms with van der Waals surface area (Å²) in [7, 11) is 0. The quantitative estimate of drug-likeness (QED) is 0.324. The van der Waals surface area contributed by atoms with E-state index in [4.69, 9.17) is 0 Å². The van der Waals surface area contributed by atoms with Crippen LogP contribution in [0.1, 0.15) is 72.1 Å². The standard InChI is InChI=1S/C20H42N4O2/c1-4-12-22-19(25)10-15-21-14-8-7-9-17-24(16-6-3)18-11-20(26)23-13-5-2/h21H,4-18H2,1-3H3,(H,22,25)(H,23,26). The summed E-state index contributed by atoms with van der Waals surface area (Å²) in [5.41, 5.74) is 0. The molecule has 0 radical (unpaired) electrons. The van der Waals surface area contributed by atoms with Gasteiger partial charge >= 0.3 is 0 Å². The van der Waals surface area contributed by atoms with Gasteiger partial charge in [0.1, 0.15) is 0 Å². The molecule has 0 aromatic rings. The Bertz CT molecular complexity index is 351. The third-order valence-corrected chi connectivity index (χ3v) is 4.20. The maximum Gasteiger partial charge on any atom is 0.221 e. The van der Waals surface area contributed by atoms with Gasteiger partial charge in [-0.15, -0.1) is 0 Å². The van der Waals surface area contributed by atoms with E-state index in [1.807, 2.05) is 0 Å².